The van der Waals surface area contributed by atoms with E-state index in [2.05, 4.69) is 9.97 Å². The van der Waals surface area contributed by atoms with Crippen molar-refractivity contribution in [3.05, 3.63) is 47.4 Å². The fraction of sp³-hybridized carbons (Fsp3) is 0.0833. The molecule has 0 radical (unpaired) electrons. The van der Waals surface area contributed by atoms with E-state index in [1.807, 2.05) is 12.1 Å². The molecular weight excluding hydrogens is 263 g/mol. The SMILES string of the molecule is O=C([O-])Cc1nccc(-c2ccc(Cl)cc2)n1.[Na+]. The van der Waals surface area contributed by atoms with Crippen molar-refractivity contribution in [1.82, 2.24) is 9.97 Å². The van der Waals surface area contributed by atoms with Gasteiger partial charge in [-0.1, -0.05) is 23.7 Å². The zero-order valence-corrected chi connectivity index (χ0v) is 12.5. The molecule has 0 atom stereocenters. The van der Waals surface area contributed by atoms with Crippen LogP contribution in [0.1, 0.15) is 5.82 Å². The van der Waals surface area contributed by atoms with E-state index in [0.29, 0.717) is 10.7 Å². The fourth-order valence-electron chi connectivity index (χ4n) is 1.39. The molecule has 2 rings (SSSR count). The number of aliphatic carboxylic acids is 1. The van der Waals surface area contributed by atoms with E-state index in [-0.39, 0.29) is 41.8 Å². The Morgan fingerprint density at radius 1 is 1.22 bits per heavy atom. The van der Waals surface area contributed by atoms with Gasteiger partial charge in [0.05, 0.1) is 5.69 Å². The topological polar surface area (TPSA) is 65.9 Å². The summed E-state index contributed by atoms with van der Waals surface area (Å²) >= 11 is 5.78. The smallest absolute Gasteiger partial charge is 0.550 e. The molecule has 18 heavy (non-hydrogen) atoms. The van der Waals surface area contributed by atoms with Crippen LogP contribution in [0.3, 0.4) is 0 Å². The number of carbonyl (C=O) groups excluding carboxylic acids is 1. The Labute approximate surface area is 131 Å². The molecule has 1 aromatic heterocycles. The second kappa shape index (κ2) is 6.85. The van der Waals surface area contributed by atoms with Crippen molar-refractivity contribution in [3.8, 4) is 11.3 Å². The maximum atomic E-state index is 10.5. The zero-order chi connectivity index (χ0) is 12.3. The van der Waals surface area contributed by atoms with E-state index in [9.17, 15) is 9.90 Å². The number of rotatable bonds is 3. The number of carbonyl (C=O) groups is 1. The second-order valence-corrected chi connectivity index (χ2v) is 3.85. The molecule has 0 saturated carbocycles. The summed E-state index contributed by atoms with van der Waals surface area (Å²) in [6, 6.07) is 8.83. The quantitative estimate of drug-likeness (QED) is 0.611. The molecule has 6 heteroatoms. The summed E-state index contributed by atoms with van der Waals surface area (Å²) < 4.78 is 0. The molecule has 1 aromatic carbocycles. The molecule has 0 saturated heterocycles. The van der Waals surface area contributed by atoms with Crippen molar-refractivity contribution >= 4 is 17.6 Å². The summed E-state index contributed by atoms with van der Waals surface area (Å²) in [5.74, 6) is -0.962. The van der Waals surface area contributed by atoms with Crippen molar-refractivity contribution in [2.75, 3.05) is 0 Å². The van der Waals surface area contributed by atoms with Crippen molar-refractivity contribution in [2.45, 2.75) is 6.42 Å². The molecule has 0 amide bonds. The van der Waals surface area contributed by atoms with Crippen LogP contribution in [0.4, 0.5) is 0 Å². The van der Waals surface area contributed by atoms with Crippen LogP contribution >= 0.6 is 11.6 Å². The summed E-state index contributed by atoms with van der Waals surface area (Å²) in [5, 5.41) is 11.1. The number of benzene rings is 1. The first-order valence-electron chi connectivity index (χ1n) is 4.93. The largest absolute Gasteiger partial charge is 1.00 e. The van der Waals surface area contributed by atoms with Gasteiger partial charge in [-0.05, 0) is 18.2 Å². The predicted molar refractivity (Wildman–Crippen MR) is 61.2 cm³/mol. The molecule has 1 heterocycles. The van der Waals surface area contributed by atoms with Crippen LogP contribution < -0.4 is 34.7 Å². The molecule has 0 fully saturated rings. The molecule has 0 bridgehead atoms. The molecule has 2 aromatic rings. The number of halogens is 1. The molecule has 4 nitrogen and oxygen atoms in total. The Morgan fingerprint density at radius 3 is 2.50 bits per heavy atom. The number of hydrogen-bond acceptors (Lipinski definition) is 4. The Balaban J connectivity index is 0.00000162. The standard InChI is InChI=1S/C12H9ClN2O2.Na/c13-9-3-1-8(2-4-9)10-5-6-14-11(15-10)7-12(16)17;/h1-6H,7H2,(H,16,17);/q;+1/p-1. The van der Waals surface area contributed by atoms with Crippen molar-refractivity contribution in [1.29, 1.82) is 0 Å². The average Bonchev–Trinajstić information content (AvgIpc) is 2.29. The van der Waals surface area contributed by atoms with Crippen LogP contribution in [-0.2, 0) is 11.2 Å². The fourth-order valence-corrected chi connectivity index (χ4v) is 1.52. The van der Waals surface area contributed by atoms with Gasteiger partial charge in [-0.25, -0.2) is 9.97 Å². The zero-order valence-electron chi connectivity index (χ0n) is 9.76. The van der Waals surface area contributed by atoms with E-state index in [0.717, 1.165) is 5.56 Å². The van der Waals surface area contributed by atoms with Gasteiger partial charge in [0.1, 0.15) is 5.82 Å². The monoisotopic (exact) mass is 270 g/mol. The van der Waals surface area contributed by atoms with Gasteiger partial charge >= 0.3 is 29.6 Å². The number of hydrogen-bond donors (Lipinski definition) is 0. The van der Waals surface area contributed by atoms with Gasteiger partial charge in [0, 0.05) is 29.2 Å². The van der Waals surface area contributed by atoms with Gasteiger partial charge in [0.15, 0.2) is 0 Å². The number of carboxylic acids is 1. The minimum Gasteiger partial charge on any atom is -0.550 e. The van der Waals surface area contributed by atoms with Crippen molar-refractivity contribution in [3.63, 3.8) is 0 Å². The Morgan fingerprint density at radius 2 is 1.89 bits per heavy atom. The van der Waals surface area contributed by atoms with E-state index in [4.69, 9.17) is 11.6 Å². The maximum absolute atomic E-state index is 10.5. The average molecular weight is 271 g/mol. The van der Waals surface area contributed by atoms with Gasteiger partial charge < -0.3 is 9.90 Å². The van der Waals surface area contributed by atoms with E-state index in [1.54, 1.807) is 18.2 Å². The number of aromatic nitrogens is 2. The molecule has 0 N–H and O–H groups in total. The normalized spacial score (nSPS) is 9.61. The third-order valence-electron chi connectivity index (χ3n) is 2.15. The Bertz CT molecular complexity index is 546. The van der Waals surface area contributed by atoms with E-state index >= 15 is 0 Å². The minimum atomic E-state index is -1.20. The van der Waals surface area contributed by atoms with Crippen LogP contribution in [0.25, 0.3) is 11.3 Å². The number of nitrogens with zero attached hydrogens (tertiary/aromatic N) is 2. The van der Waals surface area contributed by atoms with Crippen LogP contribution in [-0.4, -0.2) is 15.9 Å². The molecule has 0 unspecified atom stereocenters. The van der Waals surface area contributed by atoms with Gasteiger partial charge in [-0.3, -0.25) is 0 Å². The first kappa shape index (κ1) is 15.1. The van der Waals surface area contributed by atoms with E-state index < -0.39 is 5.97 Å². The Hall–Kier alpha value is -0.940. The molecular formula is C12H8ClN2NaO2. The van der Waals surface area contributed by atoms with Gasteiger partial charge in [0.25, 0.3) is 0 Å². The van der Waals surface area contributed by atoms with Gasteiger partial charge in [-0.15, -0.1) is 0 Å². The van der Waals surface area contributed by atoms with Crippen LogP contribution in [0.5, 0.6) is 0 Å². The molecule has 0 aliphatic rings. The summed E-state index contributed by atoms with van der Waals surface area (Å²) in [6.45, 7) is 0. The van der Waals surface area contributed by atoms with Crippen LogP contribution in [0.2, 0.25) is 5.02 Å². The summed E-state index contributed by atoms with van der Waals surface area (Å²) in [4.78, 5) is 18.5. The second-order valence-electron chi connectivity index (χ2n) is 3.41. The third-order valence-corrected chi connectivity index (χ3v) is 2.40. The Kier molecular flexibility index (Phi) is 5.75. The van der Waals surface area contributed by atoms with Crippen molar-refractivity contribution < 1.29 is 39.5 Å². The van der Waals surface area contributed by atoms with Gasteiger partial charge in [0.2, 0.25) is 0 Å². The molecule has 86 valence electrons. The van der Waals surface area contributed by atoms with Crippen LogP contribution in [0, 0.1) is 0 Å². The summed E-state index contributed by atoms with van der Waals surface area (Å²) in [5.41, 5.74) is 1.52. The molecule has 0 aliphatic heterocycles. The maximum Gasteiger partial charge on any atom is 1.00 e. The van der Waals surface area contributed by atoms with E-state index in [1.165, 1.54) is 6.20 Å². The van der Waals surface area contributed by atoms with Gasteiger partial charge in [-0.2, -0.15) is 0 Å². The van der Waals surface area contributed by atoms with Crippen LogP contribution in [0.15, 0.2) is 36.5 Å². The summed E-state index contributed by atoms with van der Waals surface area (Å²) in [7, 11) is 0. The number of carboxylic acid groups (broad SMARTS) is 1. The molecule has 0 spiro atoms. The first-order chi connectivity index (χ1) is 8.15. The minimum absolute atomic E-state index is 0. The molecule has 0 aliphatic carbocycles. The summed E-state index contributed by atoms with van der Waals surface area (Å²) in [6.07, 6.45) is 1.23. The predicted octanol–water partition coefficient (Wildman–Crippen LogP) is -1.91. The van der Waals surface area contributed by atoms with Crippen molar-refractivity contribution in [2.24, 2.45) is 0 Å². The first-order valence-corrected chi connectivity index (χ1v) is 5.30. The third kappa shape index (κ3) is 4.07.